The van der Waals surface area contributed by atoms with Crippen molar-refractivity contribution in [3.8, 4) is 5.75 Å². The molecule has 0 radical (unpaired) electrons. The zero-order valence-electron chi connectivity index (χ0n) is 16.7. The number of carbonyl (C=O) groups is 1. The third kappa shape index (κ3) is 4.23. The van der Waals surface area contributed by atoms with Crippen LogP contribution in [0.25, 0.3) is 0 Å². The fraction of sp³-hybridized carbons (Fsp3) is 0.409. The van der Waals surface area contributed by atoms with Crippen molar-refractivity contribution in [2.24, 2.45) is 0 Å². The van der Waals surface area contributed by atoms with E-state index in [0.29, 0.717) is 29.9 Å². The summed E-state index contributed by atoms with van der Waals surface area (Å²) in [4.78, 5) is 11.3. The standard InChI is InChI=1S/C22H25ClO7/c1-3-29-16-7-4-13(5-8-16)10-14-11-15(6-9-17(14)23)22(28-2)21(27)20(26)19(25)18(12-24)30-22/h4-9,11-12,18-21,25-27H,3,10H2,1-2H3/t18-,19-,20+,21-,22+/m1/s1. The predicted molar refractivity (Wildman–Crippen MR) is 110 cm³/mol. The molecule has 162 valence electrons. The van der Waals surface area contributed by atoms with Crippen LogP contribution in [0.2, 0.25) is 5.02 Å². The van der Waals surface area contributed by atoms with Crippen molar-refractivity contribution < 1.29 is 34.3 Å². The normalized spacial score (nSPS) is 28.9. The Morgan fingerprint density at radius 1 is 1.13 bits per heavy atom. The minimum Gasteiger partial charge on any atom is -0.494 e. The predicted octanol–water partition coefficient (Wildman–Crippen LogP) is 1.81. The van der Waals surface area contributed by atoms with Crippen LogP contribution in [-0.4, -0.2) is 59.7 Å². The number of hydrogen-bond acceptors (Lipinski definition) is 7. The van der Waals surface area contributed by atoms with E-state index in [4.69, 9.17) is 25.8 Å². The summed E-state index contributed by atoms with van der Waals surface area (Å²) in [6, 6.07) is 12.5. The Balaban J connectivity index is 1.95. The van der Waals surface area contributed by atoms with Gasteiger partial charge in [0.05, 0.1) is 6.61 Å². The molecule has 1 heterocycles. The van der Waals surface area contributed by atoms with Gasteiger partial charge in [0.1, 0.15) is 30.2 Å². The minimum atomic E-state index is -1.84. The molecule has 8 heteroatoms. The highest BCUT2D eigenvalue weighted by molar-refractivity contribution is 6.31. The summed E-state index contributed by atoms with van der Waals surface area (Å²) in [5.74, 6) is -1.08. The highest BCUT2D eigenvalue weighted by Crippen LogP contribution is 2.40. The van der Waals surface area contributed by atoms with E-state index in [1.807, 2.05) is 31.2 Å². The molecule has 30 heavy (non-hydrogen) atoms. The molecular formula is C22H25ClO7. The molecule has 2 aromatic rings. The fourth-order valence-corrected chi connectivity index (χ4v) is 3.78. The molecule has 2 aromatic carbocycles. The van der Waals surface area contributed by atoms with Crippen LogP contribution in [0.4, 0.5) is 0 Å². The molecular weight excluding hydrogens is 412 g/mol. The summed E-state index contributed by atoms with van der Waals surface area (Å²) in [6.45, 7) is 2.49. The number of ether oxygens (including phenoxy) is 3. The van der Waals surface area contributed by atoms with Crippen LogP contribution in [0.5, 0.6) is 5.75 Å². The number of halogens is 1. The monoisotopic (exact) mass is 436 g/mol. The summed E-state index contributed by atoms with van der Waals surface area (Å²) in [6.07, 6.45) is -5.36. The number of aliphatic hydroxyl groups excluding tert-OH is 3. The topological polar surface area (TPSA) is 105 Å². The Hall–Kier alpha value is -2.00. The van der Waals surface area contributed by atoms with E-state index in [1.54, 1.807) is 18.2 Å². The lowest BCUT2D eigenvalue weighted by Crippen LogP contribution is -2.63. The zero-order valence-corrected chi connectivity index (χ0v) is 17.5. The lowest BCUT2D eigenvalue weighted by molar-refractivity contribution is -0.354. The van der Waals surface area contributed by atoms with E-state index in [1.165, 1.54) is 7.11 Å². The van der Waals surface area contributed by atoms with E-state index in [2.05, 4.69) is 0 Å². The molecule has 3 N–H and O–H groups in total. The van der Waals surface area contributed by atoms with Gasteiger partial charge in [0, 0.05) is 17.7 Å². The van der Waals surface area contributed by atoms with Gasteiger partial charge < -0.3 is 34.3 Å². The minimum absolute atomic E-state index is 0.362. The molecule has 5 atom stereocenters. The smallest absolute Gasteiger partial charge is 0.225 e. The summed E-state index contributed by atoms with van der Waals surface area (Å²) >= 11 is 6.38. The van der Waals surface area contributed by atoms with Gasteiger partial charge in [-0.3, -0.25) is 0 Å². The van der Waals surface area contributed by atoms with Crippen molar-refractivity contribution in [3.63, 3.8) is 0 Å². The first-order valence-corrected chi connectivity index (χ1v) is 9.97. The molecule has 1 saturated heterocycles. The van der Waals surface area contributed by atoms with Gasteiger partial charge in [0.15, 0.2) is 6.29 Å². The third-order valence-electron chi connectivity index (χ3n) is 5.22. The maximum Gasteiger partial charge on any atom is 0.225 e. The molecule has 1 fully saturated rings. The number of benzene rings is 2. The summed E-state index contributed by atoms with van der Waals surface area (Å²) < 4.78 is 16.5. The Morgan fingerprint density at radius 2 is 1.83 bits per heavy atom. The summed E-state index contributed by atoms with van der Waals surface area (Å²) in [5.41, 5.74) is 2.07. The molecule has 0 aliphatic carbocycles. The van der Waals surface area contributed by atoms with Gasteiger partial charge in [-0.2, -0.15) is 0 Å². The van der Waals surface area contributed by atoms with Crippen molar-refractivity contribution >= 4 is 17.9 Å². The van der Waals surface area contributed by atoms with Crippen LogP contribution in [-0.2, 0) is 26.5 Å². The second-order valence-electron chi connectivity index (χ2n) is 7.08. The van der Waals surface area contributed by atoms with Gasteiger partial charge in [-0.1, -0.05) is 29.8 Å². The molecule has 0 bridgehead atoms. The lowest BCUT2D eigenvalue weighted by Gasteiger charge is -2.46. The van der Waals surface area contributed by atoms with E-state index in [-0.39, 0.29) is 0 Å². The zero-order chi connectivity index (χ0) is 21.9. The SMILES string of the molecule is CCOc1ccc(Cc2cc([C@]3(OC)O[C@H](C=O)[C@@H](O)[C@H](O)[C@H]3O)ccc2Cl)cc1. The molecule has 1 aliphatic rings. The number of carbonyl (C=O) groups excluding carboxylic acids is 1. The molecule has 0 unspecified atom stereocenters. The second-order valence-corrected chi connectivity index (χ2v) is 7.48. The van der Waals surface area contributed by atoms with Crippen molar-refractivity contribution in [1.82, 2.24) is 0 Å². The van der Waals surface area contributed by atoms with Gasteiger partial charge >= 0.3 is 0 Å². The van der Waals surface area contributed by atoms with Crippen molar-refractivity contribution in [2.45, 2.75) is 43.5 Å². The van der Waals surface area contributed by atoms with E-state index in [9.17, 15) is 20.1 Å². The number of rotatable bonds is 7. The number of methoxy groups -OCH3 is 1. The first-order chi connectivity index (χ1) is 14.4. The average molecular weight is 437 g/mol. The van der Waals surface area contributed by atoms with Crippen LogP contribution in [0.15, 0.2) is 42.5 Å². The lowest BCUT2D eigenvalue weighted by atomic mass is 9.87. The molecule has 0 saturated carbocycles. The van der Waals surface area contributed by atoms with Crippen LogP contribution in [0.3, 0.4) is 0 Å². The Morgan fingerprint density at radius 3 is 2.43 bits per heavy atom. The largest absolute Gasteiger partial charge is 0.494 e. The van der Waals surface area contributed by atoms with Crippen molar-refractivity contribution in [2.75, 3.05) is 13.7 Å². The fourth-order valence-electron chi connectivity index (χ4n) is 3.60. The van der Waals surface area contributed by atoms with Crippen LogP contribution < -0.4 is 4.74 Å². The van der Waals surface area contributed by atoms with Gasteiger partial charge in [-0.15, -0.1) is 0 Å². The molecule has 1 aliphatic heterocycles. The quantitative estimate of drug-likeness (QED) is 0.568. The van der Waals surface area contributed by atoms with Crippen LogP contribution >= 0.6 is 11.6 Å². The van der Waals surface area contributed by atoms with Crippen molar-refractivity contribution in [1.29, 1.82) is 0 Å². The van der Waals surface area contributed by atoms with Crippen LogP contribution in [0, 0.1) is 0 Å². The van der Waals surface area contributed by atoms with E-state index in [0.717, 1.165) is 16.9 Å². The highest BCUT2D eigenvalue weighted by Gasteiger charge is 2.55. The van der Waals surface area contributed by atoms with Gasteiger partial charge in [0.2, 0.25) is 5.79 Å². The van der Waals surface area contributed by atoms with E-state index >= 15 is 0 Å². The van der Waals surface area contributed by atoms with Gasteiger partial charge in [-0.05, 0) is 48.7 Å². The number of aldehydes is 1. The molecule has 0 spiro atoms. The molecule has 7 nitrogen and oxygen atoms in total. The van der Waals surface area contributed by atoms with Gasteiger partial charge in [0.25, 0.3) is 0 Å². The Bertz CT molecular complexity index is 872. The summed E-state index contributed by atoms with van der Waals surface area (Å²) in [7, 11) is 1.29. The second kappa shape index (κ2) is 9.43. The Labute approximate surface area is 179 Å². The van der Waals surface area contributed by atoms with E-state index < -0.39 is 30.2 Å². The maximum absolute atomic E-state index is 11.3. The van der Waals surface area contributed by atoms with Crippen LogP contribution in [0.1, 0.15) is 23.6 Å². The van der Waals surface area contributed by atoms with Gasteiger partial charge in [-0.25, -0.2) is 0 Å². The average Bonchev–Trinajstić information content (AvgIpc) is 2.76. The van der Waals surface area contributed by atoms with Crippen molar-refractivity contribution in [3.05, 3.63) is 64.2 Å². The highest BCUT2D eigenvalue weighted by atomic mass is 35.5. The molecule has 0 amide bonds. The third-order valence-corrected chi connectivity index (χ3v) is 5.59. The summed E-state index contributed by atoms with van der Waals surface area (Å²) in [5, 5.41) is 31.4. The number of aliphatic hydroxyl groups is 3. The first kappa shape index (κ1) is 22.7. The Kier molecular flexibility index (Phi) is 7.13. The maximum atomic E-state index is 11.3. The molecule has 0 aromatic heterocycles. The first-order valence-electron chi connectivity index (χ1n) is 9.59. The number of hydrogen-bond donors (Lipinski definition) is 3. The molecule has 3 rings (SSSR count).